The highest BCUT2D eigenvalue weighted by molar-refractivity contribution is 7.99. The summed E-state index contributed by atoms with van der Waals surface area (Å²) in [5.74, 6) is 0.499. The molecule has 0 aliphatic rings. The van der Waals surface area contributed by atoms with Gasteiger partial charge in [0.25, 0.3) is 5.56 Å². The van der Waals surface area contributed by atoms with Crippen LogP contribution in [0.5, 0.6) is 0 Å². The largest absolute Gasteiger partial charge is 0.465 e. The van der Waals surface area contributed by atoms with Crippen LogP contribution in [0.25, 0.3) is 11.0 Å². The molecule has 0 saturated carbocycles. The van der Waals surface area contributed by atoms with Crippen molar-refractivity contribution in [1.82, 2.24) is 25.1 Å². The van der Waals surface area contributed by atoms with E-state index in [1.807, 2.05) is 13.8 Å². The molecule has 1 unspecified atom stereocenters. The zero-order chi connectivity index (χ0) is 19.6. The standard InChI is InChI=1S/C17H19N5O4S/c1-5-6-11-19-15(26-22-11)9(3)27-17-20-13-12(14(23)21-17)10(16(24)25-4)7-8(2)18-13/h7,9H,5-6H2,1-4H3,(H,18,20,21,23). The van der Waals surface area contributed by atoms with E-state index in [-0.39, 0.29) is 21.8 Å². The summed E-state index contributed by atoms with van der Waals surface area (Å²) < 4.78 is 10.0. The van der Waals surface area contributed by atoms with Crippen molar-refractivity contribution in [2.24, 2.45) is 0 Å². The van der Waals surface area contributed by atoms with Crippen LogP contribution in [0, 0.1) is 6.92 Å². The summed E-state index contributed by atoms with van der Waals surface area (Å²) in [5.41, 5.74) is 0.427. The minimum absolute atomic E-state index is 0.104. The normalized spacial score (nSPS) is 12.3. The van der Waals surface area contributed by atoms with Crippen LogP contribution < -0.4 is 5.56 Å². The first-order valence-electron chi connectivity index (χ1n) is 8.42. The molecule has 10 heteroatoms. The third-order valence-corrected chi connectivity index (χ3v) is 4.75. The minimum Gasteiger partial charge on any atom is -0.465 e. The fourth-order valence-corrected chi connectivity index (χ4v) is 3.37. The molecule has 3 heterocycles. The van der Waals surface area contributed by atoms with Gasteiger partial charge >= 0.3 is 5.97 Å². The van der Waals surface area contributed by atoms with Gasteiger partial charge in [-0.15, -0.1) is 0 Å². The van der Waals surface area contributed by atoms with E-state index < -0.39 is 11.5 Å². The fraction of sp³-hybridized carbons (Fsp3) is 0.412. The van der Waals surface area contributed by atoms with Gasteiger partial charge < -0.3 is 14.2 Å². The van der Waals surface area contributed by atoms with E-state index in [2.05, 4.69) is 25.1 Å². The number of aryl methyl sites for hydroxylation is 2. The quantitative estimate of drug-likeness (QED) is 0.385. The van der Waals surface area contributed by atoms with Crippen LogP contribution in [0.3, 0.4) is 0 Å². The van der Waals surface area contributed by atoms with Gasteiger partial charge in [-0.1, -0.05) is 23.8 Å². The molecule has 0 saturated heterocycles. The lowest BCUT2D eigenvalue weighted by atomic mass is 10.1. The summed E-state index contributed by atoms with van der Waals surface area (Å²) >= 11 is 1.26. The van der Waals surface area contributed by atoms with Crippen molar-refractivity contribution in [2.75, 3.05) is 7.11 Å². The zero-order valence-electron chi connectivity index (χ0n) is 15.4. The van der Waals surface area contributed by atoms with Crippen LogP contribution in [0.1, 0.15) is 53.3 Å². The first-order valence-corrected chi connectivity index (χ1v) is 9.30. The van der Waals surface area contributed by atoms with E-state index in [0.29, 0.717) is 22.6 Å². The smallest absolute Gasteiger partial charge is 0.338 e. The Balaban J connectivity index is 1.96. The Bertz CT molecular complexity index is 1050. The van der Waals surface area contributed by atoms with Gasteiger partial charge in [-0.05, 0) is 26.3 Å². The number of H-pyrrole nitrogens is 1. The predicted molar refractivity (Wildman–Crippen MR) is 98.8 cm³/mol. The molecule has 27 heavy (non-hydrogen) atoms. The monoisotopic (exact) mass is 389 g/mol. The number of hydrogen-bond acceptors (Lipinski definition) is 9. The molecule has 0 aromatic carbocycles. The van der Waals surface area contributed by atoms with Crippen molar-refractivity contribution in [1.29, 1.82) is 0 Å². The van der Waals surface area contributed by atoms with Crippen molar-refractivity contribution in [3.63, 3.8) is 0 Å². The summed E-state index contributed by atoms with van der Waals surface area (Å²) in [6, 6.07) is 1.51. The first kappa shape index (κ1) is 19.0. The summed E-state index contributed by atoms with van der Waals surface area (Å²) in [6.07, 6.45) is 1.67. The van der Waals surface area contributed by atoms with Crippen LogP contribution >= 0.6 is 11.8 Å². The molecule has 0 amide bonds. The molecule has 3 aromatic heterocycles. The molecule has 0 aliphatic heterocycles. The minimum atomic E-state index is -0.610. The van der Waals surface area contributed by atoms with Crippen molar-refractivity contribution >= 4 is 28.8 Å². The van der Waals surface area contributed by atoms with E-state index in [1.165, 1.54) is 24.9 Å². The Kier molecular flexibility index (Phi) is 5.54. The van der Waals surface area contributed by atoms with Gasteiger partial charge in [0.05, 0.1) is 23.3 Å². The second-order valence-corrected chi connectivity index (χ2v) is 7.26. The lowest BCUT2D eigenvalue weighted by molar-refractivity contribution is 0.0602. The highest BCUT2D eigenvalue weighted by Crippen LogP contribution is 2.31. The maximum Gasteiger partial charge on any atom is 0.338 e. The Morgan fingerprint density at radius 3 is 2.85 bits per heavy atom. The molecule has 1 N–H and O–H groups in total. The maximum absolute atomic E-state index is 12.6. The molecule has 0 fully saturated rings. The maximum atomic E-state index is 12.6. The number of aromatic nitrogens is 5. The van der Waals surface area contributed by atoms with Gasteiger partial charge in [0.1, 0.15) is 0 Å². The number of rotatable bonds is 6. The highest BCUT2D eigenvalue weighted by atomic mass is 32.2. The Hall–Kier alpha value is -2.75. The number of fused-ring (bicyclic) bond motifs is 1. The second-order valence-electron chi connectivity index (χ2n) is 5.93. The van der Waals surface area contributed by atoms with Gasteiger partial charge in [-0.25, -0.2) is 14.8 Å². The Morgan fingerprint density at radius 2 is 2.15 bits per heavy atom. The number of carbonyl (C=O) groups is 1. The number of thioether (sulfide) groups is 1. The van der Waals surface area contributed by atoms with Gasteiger partial charge in [0.2, 0.25) is 5.89 Å². The number of nitrogens with one attached hydrogen (secondary N) is 1. The average Bonchev–Trinajstić information content (AvgIpc) is 3.09. The van der Waals surface area contributed by atoms with Gasteiger partial charge in [-0.3, -0.25) is 4.79 Å². The number of methoxy groups -OCH3 is 1. The molecule has 0 radical (unpaired) electrons. The average molecular weight is 389 g/mol. The third-order valence-electron chi connectivity index (χ3n) is 3.78. The van der Waals surface area contributed by atoms with Gasteiger partial charge in [0.15, 0.2) is 16.6 Å². The molecular formula is C17H19N5O4S. The summed E-state index contributed by atoms with van der Waals surface area (Å²) in [7, 11) is 1.26. The van der Waals surface area contributed by atoms with Crippen molar-refractivity contribution in [3.05, 3.63) is 39.4 Å². The first-order chi connectivity index (χ1) is 12.9. The van der Waals surface area contributed by atoms with Gasteiger partial charge in [-0.2, -0.15) is 4.98 Å². The molecule has 0 bridgehead atoms. The Morgan fingerprint density at radius 1 is 1.37 bits per heavy atom. The number of pyridine rings is 1. The molecule has 0 spiro atoms. The molecule has 0 aliphatic carbocycles. The molecule has 1 atom stereocenters. The van der Waals surface area contributed by atoms with Crippen LogP contribution in [-0.2, 0) is 11.2 Å². The summed E-state index contributed by atoms with van der Waals surface area (Å²) in [4.78, 5) is 40.2. The summed E-state index contributed by atoms with van der Waals surface area (Å²) in [6.45, 7) is 5.63. The number of esters is 1. The Labute approximate surface area is 158 Å². The fourth-order valence-electron chi connectivity index (χ4n) is 2.55. The number of nitrogens with zero attached hydrogens (tertiary/aromatic N) is 4. The molecule has 3 rings (SSSR count). The highest BCUT2D eigenvalue weighted by Gasteiger charge is 2.20. The SMILES string of the molecule is CCCc1noc(C(C)Sc2nc3nc(C)cc(C(=O)OC)c3c(=O)[nH]2)n1. The van der Waals surface area contributed by atoms with Crippen LogP contribution in [-0.4, -0.2) is 38.2 Å². The van der Waals surface area contributed by atoms with E-state index in [9.17, 15) is 9.59 Å². The molecule has 3 aromatic rings. The topological polar surface area (TPSA) is 124 Å². The molecular weight excluding hydrogens is 370 g/mol. The van der Waals surface area contributed by atoms with E-state index >= 15 is 0 Å². The lowest BCUT2D eigenvalue weighted by Gasteiger charge is -2.08. The number of aromatic amines is 1. The van der Waals surface area contributed by atoms with E-state index in [0.717, 1.165) is 12.8 Å². The number of carbonyl (C=O) groups excluding carboxylic acids is 1. The van der Waals surface area contributed by atoms with Crippen LogP contribution in [0.4, 0.5) is 0 Å². The van der Waals surface area contributed by atoms with E-state index in [1.54, 1.807) is 6.92 Å². The number of ether oxygens (including phenoxy) is 1. The number of hydrogen-bond donors (Lipinski definition) is 1. The van der Waals surface area contributed by atoms with Crippen molar-refractivity contribution in [2.45, 2.75) is 44.0 Å². The third kappa shape index (κ3) is 4.00. The second kappa shape index (κ2) is 7.87. The summed E-state index contributed by atoms with van der Waals surface area (Å²) in [5, 5.41) is 4.17. The molecule has 142 valence electrons. The zero-order valence-corrected chi connectivity index (χ0v) is 16.2. The van der Waals surface area contributed by atoms with Crippen LogP contribution in [0.2, 0.25) is 0 Å². The molecule has 9 nitrogen and oxygen atoms in total. The van der Waals surface area contributed by atoms with Crippen molar-refractivity contribution < 1.29 is 14.1 Å². The van der Waals surface area contributed by atoms with Gasteiger partial charge in [0, 0.05) is 12.1 Å². The predicted octanol–water partition coefficient (Wildman–Crippen LogP) is 2.60. The lowest BCUT2D eigenvalue weighted by Crippen LogP contribution is -2.16. The van der Waals surface area contributed by atoms with Crippen LogP contribution in [0.15, 0.2) is 20.5 Å². The van der Waals surface area contributed by atoms with E-state index in [4.69, 9.17) is 9.26 Å². The van der Waals surface area contributed by atoms with Crippen molar-refractivity contribution in [3.8, 4) is 0 Å².